The van der Waals surface area contributed by atoms with Crippen LogP contribution in [0.2, 0.25) is 0 Å². The van der Waals surface area contributed by atoms with Crippen molar-refractivity contribution < 1.29 is 62.7 Å². The van der Waals surface area contributed by atoms with Crippen LogP contribution in [0, 0.1) is 0 Å². The Bertz CT molecular complexity index is 132. The van der Waals surface area contributed by atoms with Crippen molar-refractivity contribution in [3.8, 4) is 0 Å². The van der Waals surface area contributed by atoms with Crippen molar-refractivity contribution in [3.05, 3.63) is 0 Å². The van der Waals surface area contributed by atoms with E-state index in [0.717, 1.165) is 17.3 Å². The van der Waals surface area contributed by atoms with Gasteiger partial charge >= 0.3 is 57.4 Å². The van der Waals surface area contributed by atoms with Crippen LogP contribution in [0.25, 0.3) is 0 Å². The van der Waals surface area contributed by atoms with Crippen LogP contribution in [-0.4, -0.2) is 34.1 Å². The molecule has 0 fully saturated rings. The van der Waals surface area contributed by atoms with E-state index in [9.17, 15) is 4.79 Å². The number of carboxylic acids is 1. The van der Waals surface area contributed by atoms with Crippen LogP contribution in [0.5, 0.6) is 0 Å². The van der Waals surface area contributed by atoms with Gasteiger partial charge in [-0.1, -0.05) is 20.8 Å². The summed E-state index contributed by atoms with van der Waals surface area (Å²) in [4.78, 5) is 10.5. The molecule has 0 saturated heterocycles. The van der Waals surface area contributed by atoms with Crippen LogP contribution >= 0.6 is 10.0 Å². The monoisotopic (exact) mass is 218 g/mol. The molecule has 2 nitrogen and oxygen atoms in total. The summed E-state index contributed by atoms with van der Waals surface area (Å²) in [5, 5.41) is 8.66. The molecule has 0 spiro atoms. The molecule has 0 aromatic heterocycles. The molecule has 0 aliphatic rings. The van der Waals surface area contributed by atoms with Crippen molar-refractivity contribution in [2.24, 2.45) is 0 Å². The molecule has 0 unspecified atom stereocenters. The first-order valence-electron chi connectivity index (χ1n) is 4.06. The molecule has 4 heteroatoms. The van der Waals surface area contributed by atoms with Crippen LogP contribution in [0.15, 0.2) is 0 Å². The molecule has 1 N–H and O–H groups in total. The number of rotatable bonds is 5. The molecule has 0 radical (unpaired) electrons. The molecule has 0 atom stereocenters. The quantitative estimate of drug-likeness (QED) is 0.604. The molecule has 0 amide bonds. The maximum atomic E-state index is 10.5. The van der Waals surface area contributed by atoms with Crippen molar-refractivity contribution >= 4 is 16.0 Å². The smallest absolute Gasteiger partial charge is 1.00 e. The second kappa shape index (κ2) is 7.82. The van der Waals surface area contributed by atoms with Crippen molar-refractivity contribution in [1.82, 2.24) is 0 Å². The van der Waals surface area contributed by atoms with Gasteiger partial charge < -0.3 is 6.53 Å². The van der Waals surface area contributed by atoms with Gasteiger partial charge in [-0.2, -0.15) is 0 Å². The van der Waals surface area contributed by atoms with E-state index >= 15 is 0 Å². The number of hydrogen-bond donors (Lipinski definition) is 1. The summed E-state index contributed by atoms with van der Waals surface area (Å²) in [5.74, 6) is 2.91. The molecular weight excluding hydrogens is 199 g/mol. The Morgan fingerprint density at radius 2 is 1.58 bits per heavy atom. The molecule has 0 saturated carbocycles. The fourth-order valence-corrected chi connectivity index (χ4v) is 3.54. The van der Waals surface area contributed by atoms with Crippen LogP contribution < -0.4 is 51.4 Å². The van der Waals surface area contributed by atoms with E-state index in [4.69, 9.17) is 5.11 Å². The zero-order chi connectivity index (χ0) is 8.91. The van der Waals surface area contributed by atoms with Crippen LogP contribution in [0.4, 0.5) is 0 Å². The summed E-state index contributed by atoms with van der Waals surface area (Å²) >= 11 is 0. The van der Waals surface area contributed by atoms with E-state index < -0.39 is 16.0 Å². The summed E-state index contributed by atoms with van der Waals surface area (Å²) < 4.78 is 0. The van der Waals surface area contributed by atoms with Gasteiger partial charge in [-0.05, 0) is 17.3 Å². The second-order valence-electron chi connectivity index (χ2n) is 2.63. The zero-order valence-corrected chi connectivity index (χ0v) is 12.5. The average Bonchev–Trinajstić information content (AvgIpc) is 2.00. The van der Waals surface area contributed by atoms with Crippen LogP contribution in [0.3, 0.4) is 0 Å². The van der Waals surface area contributed by atoms with E-state index in [0.29, 0.717) is 5.75 Å². The average molecular weight is 218 g/mol. The van der Waals surface area contributed by atoms with Crippen molar-refractivity contribution in [2.75, 3.05) is 23.0 Å². The van der Waals surface area contributed by atoms with Gasteiger partial charge in [0.25, 0.3) is 0 Å². The summed E-state index contributed by atoms with van der Waals surface area (Å²) in [6, 6.07) is 0. The minimum absolute atomic E-state index is 0. The molecule has 0 aliphatic heterocycles. The summed E-state index contributed by atoms with van der Waals surface area (Å²) in [6.07, 6.45) is 0. The molecule has 12 heavy (non-hydrogen) atoms. The second-order valence-corrected chi connectivity index (χ2v) is 7.10. The molecule has 70 valence electrons. The summed E-state index contributed by atoms with van der Waals surface area (Å²) in [7, 11) is -0.809. The van der Waals surface area contributed by atoms with Crippen molar-refractivity contribution in [3.63, 3.8) is 0 Å². The largest absolute Gasteiger partial charge is 1.00 e. The summed E-state index contributed by atoms with van der Waals surface area (Å²) in [6.45, 7) is 6.31. The molecule has 0 aromatic carbocycles. The van der Waals surface area contributed by atoms with E-state index in [1.807, 2.05) is 0 Å². The predicted octanol–water partition coefficient (Wildman–Crippen LogP) is -0.948. The normalized spacial score (nSPS) is 11.9. The number of aliphatic carboxylic acids is 1. The topological polar surface area (TPSA) is 37.3 Å². The Labute approximate surface area is 121 Å². The van der Waals surface area contributed by atoms with Gasteiger partial charge in [-0.15, -0.1) is 0 Å². The number of carboxylic acid groups (broad SMARTS) is 1. The Morgan fingerprint density at radius 1 is 1.25 bits per heavy atom. The first kappa shape index (κ1) is 15.9. The SMILES string of the molecule is CCS(CC)(CC)CC(=O)O.[H-].[K+]. The molecular formula is C8H19KO2S. The van der Waals surface area contributed by atoms with E-state index in [1.54, 1.807) is 0 Å². The number of hydrogen-bond acceptors (Lipinski definition) is 1. The Balaban J connectivity index is -0.000000500. The first-order valence-corrected chi connectivity index (χ1v) is 6.37. The van der Waals surface area contributed by atoms with Crippen molar-refractivity contribution in [2.45, 2.75) is 20.8 Å². The predicted molar refractivity (Wildman–Crippen MR) is 52.8 cm³/mol. The first-order chi connectivity index (χ1) is 5.10. The minimum Gasteiger partial charge on any atom is -1.00 e. The number of carbonyl (C=O) groups is 1. The van der Waals surface area contributed by atoms with E-state index in [1.165, 1.54) is 0 Å². The fourth-order valence-electron chi connectivity index (χ4n) is 1.18. The molecule has 0 heterocycles. The maximum absolute atomic E-state index is 10.5. The third-order valence-corrected chi connectivity index (χ3v) is 6.80. The minimum atomic E-state index is -0.809. The van der Waals surface area contributed by atoms with Gasteiger partial charge in [0, 0.05) is 0 Å². The standard InChI is InChI=1S/C8H18O2S.K.H/c1-4-11(5-2,6-3)7-8(9)10;;/h4-7H2,1-3H3,(H,9,10);;/q;+1;-1. The van der Waals surface area contributed by atoms with Gasteiger partial charge in [-0.25, -0.2) is 10.0 Å². The Hall–Kier alpha value is 1.46. The van der Waals surface area contributed by atoms with E-state index in [-0.39, 0.29) is 52.8 Å². The van der Waals surface area contributed by atoms with Gasteiger partial charge in [0.15, 0.2) is 0 Å². The van der Waals surface area contributed by atoms with Gasteiger partial charge in [0.2, 0.25) is 0 Å². The summed E-state index contributed by atoms with van der Waals surface area (Å²) in [5.41, 5.74) is 0. The van der Waals surface area contributed by atoms with Crippen molar-refractivity contribution in [1.29, 1.82) is 0 Å². The fraction of sp³-hybridized carbons (Fsp3) is 0.875. The molecule has 0 aromatic rings. The third-order valence-electron chi connectivity index (χ3n) is 2.27. The molecule has 0 aliphatic carbocycles. The van der Waals surface area contributed by atoms with Gasteiger partial charge in [0.1, 0.15) is 0 Å². The Kier molecular flexibility index (Phi) is 10.4. The maximum Gasteiger partial charge on any atom is 1.00 e. The van der Waals surface area contributed by atoms with Crippen LogP contribution in [0.1, 0.15) is 22.2 Å². The zero-order valence-electron chi connectivity index (χ0n) is 9.59. The van der Waals surface area contributed by atoms with Gasteiger partial charge in [-0.3, -0.25) is 4.79 Å². The van der Waals surface area contributed by atoms with Crippen LogP contribution in [-0.2, 0) is 4.79 Å². The van der Waals surface area contributed by atoms with Gasteiger partial charge in [0.05, 0.1) is 5.75 Å². The molecule has 0 rings (SSSR count). The van der Waals surface area contributed by atoms with E-state index in [2.05, 4.69) is 20.8 Å². The Morgan fingerprint density at radius 3 is 1.67 bits per heavy atom. The molecule has 0 bridgehead atoms. The third kappa shape index (κ3) is 5.24.